The molecular formula is C9H18N4O2. The van der Waals surface area contributed by atoms with E-state index in [0.29, 0.717) is 6.42 Å². The molecule has 86 valence electrons. The molecule has 2 amide bonds. The summed E-state index contributed by atoms with van der Waals surface area (Å²) >= 11 is 0. The number of amides is 2. The van der Waals surface area contributed by atoms with Crippen molar-refractivity contribution in [3.05, 3.63) is 0 Å². The molecule has 1 aliphatic rings. The number of nitrogens with one attached hydrogen (secondary N) is 2. The van der Waals surface area contributed by atoms with Crippen molar-refractivity contribution in [2.24, 2.45) is 10.9 Å². The molecular weight excluding hydrogens is 196 g/mol. The average molecular weight is 214 g/mol. The van der Waals surface area contributed by atoms with Gasteiger partial charge in [-0.3, -0.25) is 0 Å². The Bertz CT molecular complexity index is 250. The Kier molecular flexibility index (Phi) is 4.20. The SMILES string of the molecule is CCC(NC(=O)NC1CCC1)C(N)=NO. The predicted molar refractivity (Wildman–Crippen MR) is 56.8 cm³/mol. The van der Waals surface area contributed by atoms with Gasteiger partial charge in [0, 0.05) is 6.04 Å². The van der Waals surface area contributed by atoms with Gasteiger partial charge in [0.1, 0.15) is 0 Å². The number of rotatable bonds is 4. The normalized spacial score (nSPS) is 19.1. The van der Waals surface area contributed by atoms with E-state index >= 15 is 0 Å². The van der Waals surface area contributed by atoms with E-state index in [9.17, 15) is 4.79 Å². The molecule has 0 radical (unpaired) electrons. The van der Waals surface area contributed by atoms with Crippen molar-refractivity contribution < 1.29 is 10.0 Å². The summed E-state index contributed by atoms with van der Waals surface area (Å²) in [5, 5.41) is 16.8. The lowest BCUT2D eigenvalue weighted by molar-refractivity contribution is 0.226. The molecule has 0 saturated heterocycles. The Morgan fingerprint density at radius 3 is 2.73 bits per heavy atom. The van der Waals surface area contributed by atoms with Crippen LogP contribution in [0.5, 0.6) is 0 Å². The minimum atomic E-state index is -0.407. The van der Waals surface area contributed by atoms with Gasteiger partial charge in [0.2, 0.25) is 0 Å². The molecule has 1 fully saturated rings. The lowest BCUT2D eigenvalue weighted by Gasteiger charge is -2.27. The van der Waals surface area contributed by atoms with Crippen LogP contribution in [0.1, 0.15) is 32.6 Å². The Balaban J connectivity index is 2.33. The summed E-state index contributed by atoms with van der Waals surface area (Å²) in [5.41, 5.74) is 5.41. The van der Waals surface area contributed by atoms with E-state index in [1.54, 1.807) is 0 Å². The van der Waals surface area contributed by atoms with Crippen LogP contribution in [0.3, 0.4) is 0 Å². The monoisotopic (exact) mass is 214 g/mol. The van der Waals surface area contributed by atoms with Crippen LogP contribution in [-0.4, -0.2) is 29.2 Å². The fourth-order valence-corrected chi connectivity index (χ4v) is 1.39. The predicted octanol–water partition coefficient (Wildman–Crippen LogP) is 0.363. The van der Waals surface area contributed by atoms with Crippen LogP contribution in [0.4, 0.5) is 4.79 Å². The van der Waals surface area contributed by atoms with Gasteiger partial charge in [-0.25, -0.2) is 4.79 Å². The van der Waals surface area contributed by atoms with Crippen LogP contribution >= 0.6 is 0 Å². The number of amidine groups is 1. The highest BCUT2D eigenvalue weighted by atomic mass is 16.4. The van der Waals surface area contributed by atoms with Gasteiger partial charge in [-0.05, 0) is 25.7 Å². The van der Waals surface area contributed by atoms with Gasteiger partial charge in [-0.15, -0.1) is 0 Å². The molecule has 0 bridgehead atoms. The molecule has 0 heterocycles. The second kappa shape index (κ2) is 5.43. The summed E-state index contributed by atoms with van der Waals surface area (Å²) in [7, 11) is 0. The summed E-state index contributed by atoms with van der Waals surface area (Å²) < 4.78 is 0. The summed E-state index contributed by atoms with van der Waals surface area (Å²) in [6, 6.07) is -0.372. The van der Waals surface area contributed by atoms with Crippen molar-refractivity contribution in [1.82, 2.24) is 10.6 Å². The van der Waals surface area contributed by atoms with Crippen molar-refractivity contribution in [3.63, 3.8) is 0 Å². The zero-order chi connectivity index (χ0) is 11.3. The Morgan fingerprint density at radius 2 is 2.33 bits per heavy atom. The van der Waals surface area contributed by atoms with Gasteiger partial charge in [-0.2, -0.15) is 0 Å². The van der Waals surface area contributed by atoms with E-state index in [-0.39, 0.29) is 17.9 Å². The second-order valence-corrected chi connectivity index (χ2v) is 3.73. The zero-order valence-electron chi connectivity index (χ0n) is 8.86. The van der Waals surface area contributed by atoms with Gasteiger partial charge in [0.25, 0.3) is 0 Å². The molecule has 15 heavy (non-hydrogen) atoms. The summed E-state index contributed by atoms with van der Waals surface area (Å²) in [5.74, 6) is 0.0289. The number of hydrogen-bond donors (Lipinski definition) is 4. The van der Waals surface area contributed by atoms with Crippen LogP contribution in [0.15, 0.2) is 5.16 Å². The van der Waals surface area contributed by atoms with Crippen molar-refractivity contribution in [2.75, 3.05) is 0 Å². The number of hydrogen-bond acceptors (Lipinski definition) is 3. The largest absolute Gasteiger partial charge is 0.409 e. The molecule has 0 aliphatic heterocycles. The first-order valence-electron chi connectivity index (χ1n) is 5.21. The minimum absolute atomic E-state index is 0.0289. The molecule has 1 aliphatic carbocycles. The molecule has 1 unspecified atom stereocenters. The molecule has 1 saturated carbocycles. The maximum Gasteiger partial charge on any atom is 0.315 e. The molecule has 0 aromatic rings. The van der Waals surface area contributed by atoms with E-state index in [4.69, 9.17) is 10.9 Å². The summed E-state index contributed by atoms with van der Waals surface area (Å²) in [6.07, 6.45) is 3.83. The topological polar surface area (TPSA) is 99.7 Å². The third-order valence-electron chi connectivity index (χ3n) is 2.63. The average Bonchev–Trinajstić information content (AvgIpc) is 2.19. The second-order valence-electron chi connectivity index (χ2n) is 3.73. The molecule has 0 spiro atoms. The van der Waals surface area contributed by atoms with Crippen LogP contribution in [-0.2, 0) is 0 Å². The van der Waals surface area contributed by atoms with Gasteiger partial charge in [0.05, 0.1) is 6.04 Å². The van der Waals surface area contributed by atoms with Crippen molar-refractivity contribution >= 4 is 11.9 Å². The Morgan fingerprint density at radius 1 is 1.67 bits per heavy atom. The molecule has 6 heteroatoms. The smallest absolute Gasteiger partial charge is 0.315 e. The number of urea groups is 1. The zero-order valence-corrected chi connectivity index (χ0v) is 8.86. The lowest BCUT2D eigenvalue weighted by atomic mass is 9.93. The van der Waals surface area contributed by atoms with Crippen LogP contribution in [0, 0.1) is 0 Å². The van der Waals surface area contributed by atoms with Crippen molar-refractivity contribution in [1.29, 1.82) is 0 Å². The van der Waals surface area contributed by atoms with Crippen molar-refractivity contribution in [3.8, 4) is 0 Å². The molecule has 0 aromatic heterocycles. The highest BCUT2D eigenvalue weighted by Gasteiger charge is 2.21. The first-order valence-corrected chi connectivity index (χ1v) is 5.21. The number of nitrogens with two attached hydrogens (primary N) is 1. The fraction of sp³-hybridized carbons (Fsp3) is 0.778. The third kappa shape index (κ3) is 3.30. The number of carbonyl (C=O) groups is 1. The standard InChI is InChI=1S/C9H18N4O2/c1-2-7(8(10)13-15)12-9(14)11-6-4-3-5-6/h6-7,15H,2-5H2,1H3,(H2,10,13)(H2,11,12,14). The summed E-state index contributed by atoms with van der Waals surface area (Å²) in [6.45, 7) is 1.85. The van der Waals surface area contributed by atoms with Gasteiger partial charge < -0.3 is 21.6 Å². The van der Waals surface area contributed by atoms with Crippen LogP contribution < -0.4 is 16.4 Å². The van der Waals surface area contributed by atoms with E-state index in [0.717, 1.165) is 12.8 Å². The highest BCUT2D eigenvalue weighted by Crippen LogP contribution is 2.17. The van der Waals surface area contributed by atoms with E-state index < -0.39 is 6.04 Å². The minimum Gasteiger partial charge on any atom is -0.409 e. The van der Waals surface area contributed by atoms with E-state index in [2.05, 4.69) is 15.8 Å². The van der Waals surface area contributed by atoms with E-state index in [1.165, 1.54) is 6.42 Å². The molecule has 5 N–H and O–H groups in total. The van der Waals surface area contributed by atoms with Gasteiger partial charge >= 0.3 is 6.03 Å². The highest BCUT2D eigenvalue weighted by molar-refractivity contribution is 5.89. The number of carbonyl (C=O) groups excluding carboxylic acids is 1. The van der Waals surface area contributed by atoms with Gasteiger partial charge in [0.15, 0.2) is 5.84 Å². The summed E-state index contributed by atoms with van der Waals surface area (Å²) in [4.78, 5) is 11.4. The van der Waals surface area contributed by atoms with Gasteiger partial charge in [-0.1, -0.05) is 12.1 Å². The number of nitrogens with zero attached hydrogens (tertiary/aromatic N) is 1. The maximum absolute atomic E-state index is 11.4. The quantitative estimate of drug-likeness (QED) is 0.235. The number of oxime groups is 1. The maximum atomic E-state index is 11.4. The fourth-order valence-electron chi connectivity index (χ4n) is 1.39. The third-order valence-corrected chi connectivity index (χ3v) is 2.63. The van der Waals surface area contributed by atoms with E-state index in [1.807, 2.05) is 6.92 Å². The lowest BCUT2D eigenvalue weighted by Crippen LogP contribution is -2.51. The molecule has 0 aromatic carbocycles. The van der Waals surface area contributed by atoms with Crippen molar-refractivity contribution in [2.45, 2.75) is 44.7 Å². The molecule has 6 nitrogen and oxygen atoms in total. The van der Waals surface area contributed by atoms with Crippen LogP contribution in [0.25, 0.3) is 0 Å². The Labute approximate surface area is 88.9 Å². The van der Waals surface area contributed by atoms with Crippen LogP contribution in [0.2, 0.25) is 0 Å². The molecule has 1 atom stereocenters. The first-order chi connectivity index (χ1) is 7.17. The first kappa shape index (κ1) is 11.6. The molecule has 1 rings (SSSR count). The Hall–Kier alpha value is -1.46.